The van der Waals surface area contributed by atoms with E-state index in [0.717, 1.165) is 32.5 Å². The predicted octanol–water partition coefficient (Wildman–Crippen LogP) is 1.68. The van der Waals surface area contributed by atoms with Crippen LogP contribution < -0.4 is 0 Å². The third-order valence-corrected chi connectivity index (χ3v) is 3.88. The second-order valence-corrected chi connectivity index (χ2v) is 5.51. The highest BCUT2D eigenvalue weighted by molar-refractivity contribution is 8.13. The van der Waals surface area contributed by atoms with Crippen LogP contribution in [-0.2, 0) is 4.79 Å². The molecule has 0 saturated carbocycles. The van der Waals surface area contributed by atoms with Gasteiger partial charge in [0.25, 0.3) is 0 Å². The van der Waals surface area contributed by atoms with Crippen LogP contribution in [0.4, 0.5) is 0 Å². The Labute approximate surface area is 104 Å². The zero-order valence-corrected chi connectivity index (χ0v) is 11.6. The van der Waals surface area contributed by atoms with E-state index in [1.807, 2.05) is 6.26 Å². The van der Waals surface area contributed by atoms with Crippen LogP contribution in [-0.4, -0.2) is 59.9 Å². The number of carbonyl (C=O) groups is 1. The molecule has 0 aromatic carbocycles. The molecule has 94 valence electrons. The Kier molecular flexibility index (Phi) is 6.39. The van der Waals surface area contributed by atoms with Gasteiger partial charge in [-0.2, -0.15) is 0 Å². The Morgan fingerprint density at radius 3 is 2.38 bits per heavy atom. The van der Waals surface area contributed by atoms with Gasteiger partial charge in [-0.1, -0.05) is 11.8 Å². The van der Waals surface area contributed by atoms with E-state index in [4.69, 9.17) is 0 Å². The minimum absolute atomic E-state index is 0.320. The molecule has 0 atom stereocenters. The molecule has 0 aromatic heterocycles. The summed E-state index contributed by atoms with van der Waals surface area (Å²) in [4.78, 5) is 16.1. The minimum atomic E-state index is 0.320. The summed E-state index contributed by atoms with van der Waals surface area (Å²) >= 11 is 1.35. The van der Waals surface area contributed by atoms with Gasteiger partial charge in [-0.25, -0.2) is 0 Å². The van der Waals surface area contributed by atoms with E-state index in [1.54, 1.807) is 0 Å². The first-order chi connectivity index (χ1) is 7.63. The number of piperazine rings is 1. The number of rotatable bonds is 5. The van der Waals surface area contributed by atoms with Crippen molar-refractivity contribution in [3.05, 3.63) is 0 Å². The van der Waals surface area contributed by atoms with E-state index in [9.17, 15) is 4.79 Å². The Bertz CT molecular complexity index is 213. The van der Waals surface area contributed by atoms with Crippen LogP contribution in [0.15, 0.2) is 0 Å². The van der Waals surface area contributed by atoms with Gasteiger partial charge in [0, 0.05) is 38.6 Å². The van der Waals surface area contributed by atoms with Crippen molar-refractivity contribution < 1.29 is 4.79 Å². The van der Waals surface area contributed by atoms with Gasteiger partial charge in [-0.05, 0) is 33.1 Å². The standard InChI is InChI=1S/C12H24N2OS/c1-11(2)14-9-7-13(8-10-14)6-4-5-12(15)16-3/h11H,4-10H2,1-3H3. The fourth-order valence-electron chi connectivity index (χ4n) is 2.05. The lowest BCUT2D eigenvalue weighted by atomic mass is 10.2. The average Bonchev–Trinajstić information content (AvgIpc) is 2.29. The quantitative estimate of drug-likeness (QED) is 0.734. The maximum Gasteiger partial charge on any atom is 0.188 e. The number of hydrogen-bond acceptors (Lipinski definition) is 4. The van der Waals surface area contributed by atoms with Crippen molar-refractivity contribution in [1.82, 2.24) is 9.80 Å². The van der Waals surface area contributed by atoms with Crippen LogP contribution in [0, 0.1) is 0 Å². The number of hydrogen-bond donors (Lipinski definition) is 0. The topological polar surface area (TPSA) is 23.6 Å². The smallest absolute Gasteiger partial charge is 0.188 e. The highest BCUT2D eigenvalue weighted by atomic mass is 32.2. The van der Waals surface area contributed by atoms with Crippen molar-refractivity contribution in [1.29, 1.82) is 0 Å². The fraction of sp³-hybridized carbons (Fsp3) is 0.917. The van der Waals surface area contributed by atoms with E-state index in [1.165, 1.54) is 24.9 Å². The van der Waals surface area contributed by atoms with E-state index in [-0.39, 0.29) is 0 Å². The molecule has 0 radical (unpaired) electrons. The summed E-state index contributed by atoms with van der Waals surface area (Å²) in [6.07, 6.45) is 3.61. The zero-order valence-electron chi connectivity index (χ0n) is 10.7. The van der Waals surface area contributed by atoms with Crippen molar-refractivity contribution in [3.63, 3.8) is 0 Å². The molecule has 1 rings (SSSR count). The van der Waals surface area contributed by atoms with Crippen molar-refractivity contribution >= 4 is 16.9 Å². The SMILES string of the molecule is CSC(=O)CCCN1CCN(C(C)C)CC1. The van der Waals surface area contributed by atoms with Crippen molar-refractivity contribution in [2.45, 2.75) is 32.7 Å². The van der Waals surface area contributed by atoms with Crippen molar-refractivity contribution in [3.8, 4) is 0 Å². The van der Waals surface area contributed by atoms with Crippen LogP contribution in [0.3, 0.4) is 0 Å². The van der Waals surface area contributed by atoms with Crippen LogP contribution in [0.25, 0.3) is 0 Å². The second kappa shape index (κ2) is 7.30. The van der Waals surface area contributed by atoms with Gasteiger partial charge in [0.15, 0.2) is 5.12 Å². The minimum Gasteiger partial charge on any atom is -0.301 e. The maximum atomic E-state index is 11.1. The third kappa shape index (κ3) is 4.85. The molecule has 0 bridgehead atoms. The van der Waals surface area contributed by atoms with Crippen LogP contribution in [0.5, 0.6) is 0 Å². The molecule has 1 saturated heterocycles. The summed E-state index contributed by atoms with van der Waals surface area (Å²) in [7, 11) is 0. The molecule has 0 N–H and O–H groups in total. The van der Waals surface area contributed by atoms with Crippen molar-refractivity contribution in [2.75, 3.05) is 39.0 Å². The van der Waals surface area contributed by atoms with Crippen LogP contribution >= 0.6 is 11.8 Å². The third-order valence-electron chi connectivity index (χ3n) is 3.22. The lowest BCUT2D eigenvalue weighted by Gasteiger charge is -2.36. The van der Waals surface area contributed by atoms with Gasteiger partial charge in [0.1, 0.15) is 0 Å². The molecular weight excluding hydrogens is 220 g/mol. The summed E-state index contributed by atoms with van der Waals surface area (Å²) < 4.78 is 0. The summed E-state index contributed by atoms with van der Waals surface area (Å²) in [5, 5.41) is 0.320. The zero-order chi connectivity index (χ0) is 12.0. The molecule has 0 amide bonds. The highest BCUT2D eigenvalue weighted by Crippen LogP contribution is 2.08. The van der Waals surface area contributed by atoms with Gasteiger partial charge in [0.05, 0.1) is 0 Å². The molecule has 0 aromatic rings. The molecule has 0 spiro atoms. The Balaban J connectivity index is 2.10. The highest BCUT2D eigenvalue weighted by Gasteiger charge is 2.18. The molecule has 1 heterocycles. The van der Waals surface area contributed by atoms with Gasteiger partial charge >= 0.3 is 0 Å². The summed E-state index contributed by atoms with van der Waals surface area (Å²) in [5.74, 6) is 0. The first kappa shape index (κ1) is 14.0. The van der Waals surface area contributed by atoms with Crippen molar-refractivity contribution in [2.24, 2.45) is 0 Å². The largest absolute Gasteiger partial charge is 0.301 e. The van der Waals surface area contributed by atoms with Gasteiger partial charge in [-0.15, -0.1) is 0 Å². The van der Waals surface area contributed by atoms with Crippen LogP contribution in [0.1, 0.15) is 26.7 Å². The van der Waals surface area contributed by atoms with E-state index in [0.29, 0.717) is 11.2 Å². The van der Waals surface area contributed by atoms with Gasteiger partial charge in [-0.3, -0.25) is 9.69 Å². The molecule has 1 aliphatic rings. The monoisotopic (exact) mass is 244 g/mol. The molecule has 1 fully saturated rings. The summed E-state index contributed by atoms with van der Waals surface area (Å²) in [6, 6.07) is 0.667. The van der Waals surface area contributed by atoms with E-state index < -0.39 is 0 Å². The van der Waals surface area contributed by atoms with E-state index >= 15 is 0 Å². The lowest BCUT2D eigenvalue weighted by molar-refractivity contribution is -0.111. The molecule has 0 unspecified atom stereocenters. The molecule has 0 aliphatic carbocycles. The molecule has 4 heteroatoms. The number of thioether (sulfide) groups is 1. The molecule has 16 heavy (non-hydrogen) atoms. The van der Waals surface area contributed by atoms with Gasteiger partial charge in [0.2, 0.25) is 0 Å². The first-order valence-electron chi connectivity index (χ1n) is 6.16. The fourth-order valence-corrected chi connectivity index (χ4v) is 2.40. The predicted molar refractivity (Wildman–Crippen MR) is 70.9 cm³/mol. The molecular formula is C12H24N2OS. The van der Waals surface area contributed by atoms with Gasteiger partial charge < -0.3 is 4.90 Å². The molecule has 3 nitrogen and oxygen atoms in total. The van der Waals surface area contributed by atoms with E-state index in [2.05, 4.69) is 23.6 Å². The average molecular weight is 244 g/mol. The Hall–Kier alpha value is -0.0600. The molecule has 1 aliphatic heterocycles. The Morgan fingerprint density at radius 1 is 1.25 bits per heavy atom. The number of nitrogens with zero attached hydrogens (tertiary/aromatic N) is 2. The normalized spacial score (nSPS) is 19.2. The first-order valence-corrected chi connectivity index (χ1v) is 7.39. The summed E-state index contributed by atoms with van der Waals surface area (Å²) in [5.41, 5.74) is 0. The lowest BCUT2D eigenvalue weighted by Crippen LogP contribution is -2.48. The maximum absolute atomic E-state index is 11.1. The Morgan fingerprint density at radius 2 is 1.88 bits per heavy atom. The summed E-state index contributed by atoms with van der Waals surface area (Å²) in [6.45, 7) is 10.3. The number of carbonyl (C=O) groups excluding carboxylic acids is 1. The second-order valence-electron chi connectivity index (χ2n) is 4.65. The van der Waals surface area contributed by atoms with Crippen LogP contribution in [0.2, 0.25) is 0 Å².